The Morgan fingerprint density at radius 3 is 2.62 bits per heavy atom. The number of carbonyl (C=O) groups is 3. The quantitative estimate of drug-likeness (QED) is 0.162. The third-order valence-electron chi connectivity index (χ3n) is 15.4. The molecule has 2 N–H and O–H groups in total. The average Bonchev–Trinajstić information content (AvgIpc) is 4.14. The van der Waals surface area contributed by atoms with Gasteiger partial charge < -0.3 is 24.6 Å². The Bertz CT molecular complexity index is 2700. The van der Waals surface area contributed by atoms with Gasteiger partial charge in [0.1, 0.15) is 17.4 Å². The maximum atomic E-state index is 14.3. The molecular formula is C46H55F2N11O6. The van der Waals surface area contributed by atoms with E-state index >= 15 is 0 Å². The zero-order valence-electron chi connectivity index (χ0n) is 36.5. The molecule has 3 amide bonds. The minimum atomic E-state index is -2.85. The van der Waals surface area contributed by atoms with Crippen LogP contribution in [-0.4, -0.2) is 114 Å². The molecule has 1 unspecified atom stereocenters. The lowest BCUT2D eigenvalue weighted by Gasteiger charge is -2.52. The maximum absolute atomic E-state index is 14.3. The van der Waals surface area contributed by atoms with Crippen LogP contribution in [-0.2, 0) is 32.5 Å². The molecule has 2 bridgehead atoms. The van der Waals surface area contributed by atoms with E-state index in [0.29, 0.717) is 48.6 Å². The first-order valence-corrected chi connectivity index (χ1v) is 23.3. The molecule has 17 nitrogen and oxygen atoms in total. The summed E-state index contributed by atoms with van der Waals surface area (Å²) in [5.41, 5.74) is 2.67. The number of halogens is 2. The molecule has 2 saturated carbocycles. The number of rotatable bonds is 12. The van der Waals surface area contributed by atoms with Crippen molar-refractivity contribution in [3.63, 3.8) is 0 Å². The summed E-state index contributed by atoms with van der Waals surface area (Å²) in [7, 11) is 1.73. The van der Waals surface area contributed by atoms with Crippen molar-refractivity contribution in [2.75, 3.05) is 49.6 Å². The predicted octanol–water partition coefficient (Wildman–Crippen LogP) is 4.96. The highest BCUT2D eigenvalue weighted by atomic mass is 19.3. The van der Waals surface area contributed by atoms with E-state index in [2.05, 4.69) is 30.6 Å². The van der Waals surface area contributed by atoms with E-state index in [1.165, 1.54) is 15.3 Å². The van der Waals surface area contributed by atoms with Crippen molar-refractivity contribution in [2.24, 2.45) is 18.4 Å². The lowest BCUT2D eigenvalue weighted by Crippen LogP contribution is -2.50. The van der Waals surface area contributed by atoms with Gasteiger partial charge in [0.25, 0.3) is 12.3 Å². The van der Waals surface area contributed by atoms with Crippen LogP contribution < -0.4 is 21.2 Å². The summed E-state index contributed by atoms with van der Waals surface area (Å²) in [6.07, 6.45) is 12.4. The lowest BCUT2D eigenvalue weighted by atomic mass is 9.61. The largest absolute Gasteiger partial charge is 0.378 e. The molecule has 344 valence electrons. The number of piperidine rings is 2. The van der Waals surface area contributed by atoms with Gasteiger partial charge in [-0.1, -0.05) is 12.1 Å². The first kappa shape index (κ1) is 42.1. The number of aryl methyl sites for hydroxylation is 1. The summed E-state index contributed by atoms with van der Waals surface area (Å²) < 4.78 is 47.0. The number of carbonyl (C=O) groups excluding carboxylic acids is 3. The van der Waals surface area contributed by atoms with E-state index in [1.54, 1.807) is 28.7 Å². The molecular weight excluding hydrogens is 841 g/mol. The molecule has 5 aromatic rings. The second kappa shape index (κ2) is 16.7. The van der Waals surface area contributed by atoms with Crippen LogP contribution in [0.5, 0.6) is 0 Å². The molecule has 2 aliphatic carbocycles. The number of hydrogen-bond acceptors (Lipinski definition) is 11. The van der Waals surface area contributed by atoms with Gasteiger partial charge in [-0.15, -0.1) is 0 Å². The molecule has 6 fully saturated rings. The molecule has 0 radical (unpaired) electrons. The zero-order chi connectivity index (χ0) is 44.6. The van der Waals surface area contributed by atoms with E-state index < -0.39 is 30.0 Å². The van der Waals surface area contributed by atoms with Gasteiger partial charge in [0.05, 0.1) is 60.4 Å². The number of hydrogen-bond donors (Lipinski definition) is 2. The van der Waals surface area contributed by atoms with Gasteiger partial charge >= 0.3 is 5.69 Å². The number of anilines is 2. The van der Waals surface area contributed by atoms with Gasteiger partial charge in [0.15, 0.2) is 11.3 Å². The van der Waals surface area contributed by atoms with Crippen LogP contribution >= 0.6 is 0 Å². The minimum Gasteiger partial charge on any atom is -0.378 e. The fourth-order valence-corrected chi connectivity index (χ4v) is 11.8. The number of nitrogens with zero attached hydrogens (tertiary/aromatic N) is 9. The number of fused-ring (bicyclic) bond motifs is 4. The Balaban J connectivity index is 0.639. The van der Waals surface area contributed by atoms with Crippen LogP contribution in [0.2, 0.25) is 0 Å². The van der Waals surface area contributed by atoms with Crippen LogP contribution in [0, 0.1) is 11.3 Å². The second-order valence-electron chi connectivity index (χ2n) is 19.4. The molecule has 19 heteroatoms. The predicted molar refractivity (Wildman–Crippen MR) is 234 cm³/mol. The van der Waals surface area contributed by atoms with Crippen LogP contribution in [0.1, 0.15) is 111 Å². The number of benzene rings is 1. The van der Waals surface area contributed by atoms with Crippen molar-refractivity contribution < 1.29 is 32.6 Å². The molecule has 65 heavy (non-hydrogen) atoms. The van der Waals surface area contributed by atoms with Gasteiger partial charge in [-0.2, -0.15) is 10.2 Å². The Morgan fingerprint density at radius 2 is 1.88 bits per heavy atom. The number of alkyl halides is 2. The lowest BCUT2D eigenvalue weighted by molar-refractivity contribution is -0.135. The van der Waals surface area contributed by atoms with Crippen molar-refractivity contribution in [1.29, 1.82) is 0 Å². The number of morpholine rings is 1. The van der Waals surface area contributed by atoms with Gasteiger partial charge in [-0.25, -0.2) is 23.1 Å². The van der Waals surface area contributed by atoms with Crippen LogP contribution in [0.25, 0.3) is 16.7 Å². The van der Waals surface area contributed by atoms with E-state index in [0.717, 1.165) is 101 Å². The highest BCUT2D eigenvalue weighted by Gasteiger charge is 2.47. The van der Waals surface area contributed by atoms with Crippen molar-refractivity contribution in [2.45, 2.75) is 114 Å². The Labute approximate surface area is 373 Å². The highest BCUT2D eigenvalue weighted by Crippen LogP contribution is 2.50. The number of imidazole rings is 1. The molecule has 4 aliphatic heterocycles. The summed E-state index contributed by atoms with van der Waals surface area (Å²) in [6.45, 7) is 5.09. The van der Waals surface area contributed by atoms with Gasteiger partial charge in [-0.3, -0.25) is 33.5 Å². The third-order valence-corrected chi connectivity index (χ3v) is 15.4. The Morgan fingerprint density at radius 1 is 1.06 bits per heavy atom. The van der Waals surface area contributed by atoms with E-state index in [-0.39, 0.29) is 53.6 Å². The summed E-state index contributed by atoms with van der Waals surface area (Å²) >= 11 is 0. The van der Waals surface area contributed by atoms with Crippen molar-refractivity contribution in [3.05, 3.63) is 70.2 Å². The van der Waals surface area contributed by atoms with Crippen LogP contribution in [0.4, 0.5) is 20.3 Å². The molecule has 3 atom stereocenters. The first-order chi connectivity index (χ1) is 31.5. The van der Waals surface area contributed by atoms with Gasteiger partial charge in [0.2, 0.25) is 11.8 Å². The number of para-hydroxylation sites is 1. The fraction of sp³-hybridized carbons (Fsp3) is 0.587. The molecule has 4 saturated heterocycles. The average molecular weight is 896 g/mol. The molecule has 1 aromatic carbocycles. The maximum Gasteiger partial charge on any atom is 0.329 e. The number of ether oxygens (including phenoxy) is 2. The fourth-order valence-electron chi connectivity index (χ4n) is 11.8. The third kappa shape index (κ3) is 7.81. The standard InChI is InChI=1S/C46H55F2N11O6/c1-54-40-28(3-2-4-35(40)59(45(54)63)36-9-10-38(60)52-44(36)62)12-18-64-32-20-46(21-32)13-16-55(17-14-46)23-27-5-7-29(8-6-27)58-25-34(39(53-58)41(47)48)50-43(61)33-22-49-57-15-11-37(51-42(33)57)56-24-31-19-30(56)26-65-31/h2-4,11,15,22,25,27,29-32,36,41H,5-10,12-14,16-21,23-24,26H2,1H3,(H,50,61)(H,52,60,62)/t27-,29-,30-,31-,36?/m1/s1. The monoisotopic (exact) mass is 895 g/mol. The number of amides is 3. The van der Waals surface area contributed by atoms with Gasteiger partial charge in [0, 0.05) is 39.0 Å². The van der Waals surface area contributed by atoms with Crippen LogP contribution in [0.3, 0.4) is 0 Å². The molecule has 8 heterocycles. The zero-order valence-corrected chi connectivity index (χ0v) is 36.5. The van der Waals surface area contributed by atoms with Crippen molar-refractivity contribution in [3.8, 4) is 0 Å². The van der Waals surface area contributed by atoms with Gasteiger partial charge in [-0.05, 0) is 113 Å². The second-order valence-corrected chi connectivity index (χ2v) is 19.4. The minimum absolute atomic E-state index is 0.00693. The number of likely N-dealkylation sites (tertiary alicyclic amines) is 1. The van der Waals surface area contributed by atoms with Crippen molar-refractivity contribution >= 4 is 45.9 Å². The molecule has 4 aromatic heterocycles. The summed E-state index contributed by atoms with van der Waals surface area (Å²) in [5.74, 6) is -0.0408. The number of imide groups is 1. The molecule has 1 spiro atoms. The summed E-state index contributed by atoms with van der Waals surface area (Å²) in [4.78, 5) is 60.8. The van der Waals surface area contributed by atoms with E-state index in [4.69, 9.17) is 14.5 Å². The smallest absolute Gasteiger partial charge is 0.329 e. The van der Waals surface area contributed by atoms with Crippen LogP contribution in [0.15, 0.2) is 47.7 Å². The molecule has 6 aliphatic rings. The SMILES string of the molecule is Cn1c(=O)n(C2CCC(=O)NC2=O)c2cccc(CCOC3CC4(CCN(C[C@H]5CC[C@H](n6cc(NC(=O)c7cnn8ccc(N9C[C@H]%10C[C@@H]9CO%10)nc78)c(C(F)F)n6)CC5)CC4)C3)c21. The summed E-state index contributed by atoms with van der Waals surface area (Å²) in [6, 6.07) is 7.16. The highest BCUT2D eigenvalue weighted by molar-refractivity contribution is 6.08. The number of aromatic nitrogens is 7. The summed E-state index contributed by atoms with van der Waals surface area (Å²) in [5, 5.41) is 13.7. The normalized spacial score (nSPS) is 25.9. The Hall–Kier alpha value is -5.53. The van der Waals surface area contributed by atoms with E-state index in [1.807, 2.05) is 24.3 Å². The van der Waals surface area contributed by atoms with E-state index in [9.17, 15) is 28.0 Å². The molecule has 11 rings (SSSR count). The number of nitrogens with one attached hydrogen (secondary N) is 2. The topological polar surface area (TPSA) is 175 Å². The Kier molecular flexibility index (Phi) is 10.8. The van der Waals surface area contributed by atoms with Crippen molar-refractivity contribution in [1.82, 2.24) is 43.7 Å². The first-order valence-electron chi connectivity index (χ1n) is 23.3.